The average Bonchev–Trinajstić information content (AvgIpc) is 2.67. The number of nitrogens with one attached hydrogen (secondary N) is 8. The topological polar surface area (TPSA) is 199 Å². The molecule has 9 heteroatoms. The summed E-state index contributed by atoms with van der Waals surface area (Å²) in [5.74, 6) is 0. The predicted molar refractivity (Wildman–Crippen MR) is 99.1 cm³/mol. The largest absolute Gasteiger partial charge is 0.395 e. The lowest BCUT2D eigenvalue weighted by molar-refractivity contribution is 0.292. The van der Waals surface area contributed by atoms with Gasteiger partial charge in [-0.1, -0.05) is 6.92 Å². The van der Waals surface area contributed by atoms with E-state index in [0.717, 1.165) is 19.5 Å². The van der Waals surface area contributed by atoms with E-state index in [4.69, 9.17) is 43.0 Å². The highest BCUT2D eigenvalue weighted by atomic mass is 16.3. The zero-order valence-corrected chi connectivity index (χ0v) is 13.2. The molecular formula is C12H34N8O. The SMILES string of the molecule is C=N.C=N.C=N.C=N.C=N.C=N.C=N.CCCNCCO. The van der Waals surface area contributed by atoms with Gasteiger partial charge in [-0.05, 0) is 60.0 Å². The van der Waals surface area contributed by atoms with Crippen molar-refractivity contribution in [3.63, 3.8) is 0 Å². The first kappa shape index (κ1) is 51.3. The Bertz CT molecular complexity index is 87.6. The third-order valence-corrected chi connectivity index (χ3v) is 0.715. The molecule has 0 bridgehead atoms. The van der Waals surface area contributed by atoms with Gasteiger partial charge in [-0.3, -0.25) is 0 Å². The van der Waals surface area contributed by atoms with Crippen LogP contribution in [0, 0.1) is 37.9 Å². The first-order chi connectivity index (χ1) is 10.4. The molecule has 128 valence electrons. The van der Waals surface area contributed by atoms with Gasteiger partial charge in [0, 0.05) is 6.54 Å². The Kier molecular flexibility index (Phi) is 1740. The predicted octanol–water partition coefficient (Wildman–Crippen LogP) is 1.84. The Balaban J connectivity index is -0.0000000173. The molecule has 0 amide bonds. The van der Waals surface area contributed by atoms with Crippen molar-refractivity contribution in [2.45, 2.75) is 13.3 Å². The average molecular weight is 306 g/mol. The van der Waals surface area contributed by atoms with Crippen LogP contribution in [0.25, 0.3) is 0 Å². The van der Waals surface area contributed by atoms with Crippen molar-refractivity contribution in [2.75, 3.05) is 19.7 Å². The standard InChI is InChI=1S/C5H13NO.7CH3N/c1-2-3-6-4-5-7;7*1-2/h6-7H,2-5H2,1H3;7*2H,1H2. The summed E-state index contributed by atoms with van der Waals surface area (Å²) in [5.41, 5.74) is 0. The van der Waals surface area contributed by atoms with E-state index < -0.39 is 0 Å². The van der Waals surface area contributed by atoms with E-state index in [2.05, 4.69) is 59.3 Å². The fourth-order valence-electron chi connectivity index (χ4n) is 0.381. The van der Waals surface area contributed by atoms with Gasteiger partial charge in [0.05, 0.1) is 6.61 Å². The molecule has 0 aromatic carbocycles. The molecule has 0 radical (unpaired) electrons. The van der Waals surface area contributed by atoms with Crippen LogP contribution < -0.4 is 5.32 Å². The first-order valence-corrected chi connectivity index (χ1v) is 5.21. The first-order valence-electron chi connectivity index (χ1n) is 5.21. The normalized spacial score (nSPS) is 4.48. The van der Waals surface area contributed by atoms with E-state index in [1.54, 1.807) is 0 Å². The van der Waals surface area contributed by atoms with Gasteiger partial charge >= 0.3 is 0 Å². The van der Waals surface area contributed by atoms with Crippen LogP contribution in [0.3, 0.4) is 0 Å². The highest BCUT2D eigenvalue weighted by molar-refractivity contribution is 5.16. The summed E-state index contributed by atoms with van der Waals surface area (Å²) >= 11 is 0. The van der Waals surface area contributed by atoms with E-state index in [9.17, 15) is 0 Å². The van der Waals surface area contributed by atoms with Crippen LogP contribution in [0.1, 0.15) is 13.3 Å². The Morgan fingerprint density at radius 3 is 1.00 bits per heavy atom. The molecular weight excluding hydrogens is 272 g/mol. The molecule has 0 rings (SSSR count). The lowest BCUT2D eigenvalue weighted by atomic mass is 10.5. The molecule has 0 saturated carbocycles. The van der Waals surface area contributed by atoms with E-state index in [1.807, 2.05) is 0 Å². The van der Waals surface area contributed by atoms with Crippen molar-refractivity contribution in [3.05, 3.63) is 0 Å². The summed E-state index contributed by atoms with van der Waals surface area (Å²) in [4.78, 5) is 0. The molecule has 0 fully saturated rings. The molecule has 0 aromatic heterocycles. The highest BCUT2D eigenvalue weighted by Gasteiger charge is 1.77. The summed E-state index contributed by atoms with van der Waals surface area (Å²) < 4.78 is 0. The number of aliphatic hydroxyl groups is 1. The minimum Gasteiger partial charge on any atom is -0.395 e. The zero-order valence-electron chi connectivity index (χ0n) is 13.2. The molecule has 21 heavy (non-hydrogen) atoms. The second kappa shape index (κ2) is 713. The van der Waals surface area contributed by atoms with Gasteiger partial charge in [-0.25, -0.2) is 0 Å². The van der Waals surface area contributed by atoms with Gasteiger partial charge in [0.2, 0.25) is 0 Å². The third-order valence-electron chi connectivity index (χ3n) is 0.715. The van der Waals surface area contributed by atoms with Gasteiger partial charge in [0.1, 0.15) is 0 Å². The monoisotopic (exact) mass is 306 g/mol. The maximum absolute atomic E-state index is 8.23. The third kappa shape index (κ3) is 1660. The Morgan fingerprint density at radius 1 is 0.619 bits per heavy atom. The van der Waals surface area contributed by atoms with Gasteiger partial charge in [-0.15, -0.1) is 0 Å². The van der Waals surface area contributed by atoms with Gasteiger partial charge in [0.15, 0.2) is 0 Å². The van der Waals surface area contributed by atoms with E-state index in [1.165, 1.54) is 0 Å². The quantitative estimate of drug-likeness (QED) is 0.282. The Morgan fingerprint density at radius 2 is 0.857 bits per heavy atom. The molecule has 0 aliphatic heterocycles. The molecule has 0 aliphatic carbocycles. The van der Waals surface area contributed by atoms with Crippen molar-refractivity contribution in [1.82, 2.24) is 5.32 Å². The minimum atomic E-state index is 0.250. The smallest absolute Gasteiger partial charge is 0.0555 e. The van der Waals surface area contributed by atoms with Crippen molar-refractivity contribution >= 4 is 47.0 Å². The van der Waals surface area contributed by atoms with Crippen LogP contribution in [-0.2, 0) is 0 Å². The van der Waals surface area contributed by atoms with Crippen molar-refractivity contribution < 1.29 is 5.11 Å². The van der Waals surface area contributed by atoms with Gasteiger partial charge in [-0.2, -0.15) is 0 Å². The van der Waals surface area contributed by atoms with E-state index in [-0.39, 0.29) is 6.61 Å². The lowest BCUT2D eigenvalue weighted by Crippen LogP contribution is -2.18. The maximum Gasteiger partial charge on any atom is 0.0555 e. The second-order valence-electron chi connectivity index (χ2n) is 1.47. The van der Waals surface area contributed by atoms with Crippen molar-refractivity contribution in [3.8, 4) is 0 Å². The minimum absolute atomic E-state index is 0.250. The Labute approximate surface area is 129 Å². The summed E-state index contributed by atoms with van der Waals surface area (Å²) in [6.07, 6.45) is 1.14. The molecule has 0 heterocycles. The molecule has 9 nitrogen and oxygen atoms in total. The van der Waals surface area contributed by atoms with Crippen LogP contribution in [0.5, 0.6) is 0 Å². The number of aliphatic hydroxyl groups excluding tert-OH is 1. The second-order valence-corrected chi connectivity index (χ2v) is 1.47. The van der Waals surface area contributed by atoms with Crippen LogP contribution >= 0.6 is 0 Å². The van der Waals surface area contributed by atoms with Crippen molar-refractivity contribution in [1.29, 1.82) is 37.9 Å². The van der Waals surface area contributed by atoms with Gasteiger partial charge < -0.3 is 48.3 Å². The lowest BCUT2D eigenvalue weighted by Gasteiger charge is -1.95. The van der Waals surface area contributed by atoms with Crippen LogP contribution in [-0.4, -0.2) is 71.8 Å². The van der Waals surface area contributed by atoms with Crippen LogP contribution in [0.2, 0.25) is 0 Å². The van der Waals surface area contributed by atoms with E-state index >= 15 is 0 Å². The summed E-state index contributed by atoms with van der Waals surface area (Å²) in [5, 5.41) is 49.8. The van der Waals surface area contributed by atoms with Gasteiger partial charge in [0.25, 0.3) is 0 Å². The molecule has 0 saturated heterocycles. The number of hydrogen-bond acceptors (Lipinski definition) is 9. The molecule has 0 aliphatic rings. The number of rotatable bonds is 4. The summed E-state index contributed by atoms with van der Waals surface area (Å²) in [6, 6.07) is 0. The Hall–Kier alpha value is -2.39. The fraction of sp³-hybridized carbons (Fsp3) is 0.417. The molecule has 0 spiro atoms. The molecule has 9 N–H and O–H groups in total. The zero-order chi connectivity index (χ0) is 19.5. The summed E-state index contributed by atoms with van der Waals surface area (Å²) in [7, 11) is 0. The number of hydrogen-bond donors (Lipinski definition) is 9. The highest BCUT2D eigenvalue weighted by Crippen LogP contribution is 1.66. The van der Waals surface area contributed by atoms with Crippen LogP contribution in [0.15, 0.2) is 0 Å². The fourth-order valence-corrected chi connectivity index (χ4v) is 0.381. The molecule has 0 unspecified atom stereocenters. The summed E-state index contributed by atoms with van der Waals surface area (Å²) in [6.45, 7) is 21.6. The van der Waals surface area contributed by atoms with Crippen LogP contribution in [0.4, 0.5) is 0 Å². The van der Waals surface area contributed by atoms with Crippen molar-refractivity contribution in [2.24, 2.45) is 0 Å². The molecule has 0 atom stereocenters. The molecule has 0 aromatic rings. The van der Waals surface area contributed by atoms with E-state index in [0.29, 0.717) is 0 Å². The maximum atomic E-state index is 8.23.